The average Bonchev–Trinajstić information content (AvgIpc) is 2.64. The van der Waals surface area contributed by atoms with Gasteiger partial charge in [0.05, 0.1) is 6.61 Å². The van der Waals surface area contributed by atoms with Crippen molar-refractivity contribution in [2.24, 2.45) is 0 Å². The molecular formula is C19H23BrN2O4. The number of benzene rings is 1. The second-order valence-electron chi connectivity index (χ2n) is 5.63. The zero-order valence-corrected chi connectivity index (χ0v) is 16.3. The van der Waals surface area contributed by atoms with E-state index in [1.165, 1.54) is 6.07 Å². The summed E-state index contributed by atoms with van der Waals surface area (Å²) in [7, 11) is 0. The summed E-state index contributed by atoms with van der Waals surface area (Å²) in [6.07, 6.45) is 3.36. The molecule has 0 radical (unpaired) electrons. The lowest BCUT2D eigenvalue weighted by Crippen LogP contribution is -2.30. The molecule has 2 aromatic rings. The van der Waals surface area contributed by atoms with E-state index in [2.05, 4.69) is 21.2 Å². The number of amides is 1. The number of unbranched alkanes of at least 4 members (excludes halogenated alkanes) is 1. The highest BCUT2D eigenvalue weighted by molar-refractivity contribution is 9.10. The Balaban J connectivity index is 1.61. The Labute approximate surface area is 161 Å². The van der Waals surface area contributed by atoms with Crippen LogP contribution in [0.5, 0.6) is 11.5 Å². The molecule has 1 amide bonds. The van der Waals surface area contributed by atoms with Crippen molar-refractivity contribution in [3.63, 3.8) is 0 Å². The molecule has 0 aliphatic carbocycles. The predicted octanol–water partition coefficient (Wildman–Crippen LogP) is 2.98. The normalized spacial score (nSPS) is 10.4. The van der Waals surface area contributed by atoms with Crippen LogP contribution in [0, 0.1) is 0 Å². The molecule has 6 nitrogen and oxygen atoms in total. The number of nitrogens with one attached hydrogen (secondary N) is 1. The number of pyridine rings is 1. The molecule has 0 aliphatic rings. The number of hydrogen-bond acceptors (Lipinski definition) is 4. The lowest BCUT2D eigenvalue weighted by molar-refractivity contribution is -0.123. The van der Waals surface area contributed by atoms with Crippen molar-refractivity contribution in [1.29, 1.82) is 0 Å². The quantitative estimate of drug-likeness (QED) is 0.597. The highest BCUT2D eigenvalue weighted by Gasteiger charge is 2.03. The first-order valence-electron chi connectivity index (χ1n) is 8.57. The molecule has 0 aliphatic heterocycles. The van der Waals surface area contributed by atoms with Crippen molar-refractivity contribution in [2.75, 3.05) is 19.8 Å². The van der Waals surface area contributed by atoms with Crippen LogP contribution < -0.4 is 20.3 Å². The molecule has 0 unspecified atom stereocenters. The van der Waals surface area contributed by atoms with Crippen molar-refractivity contribution >= 4 is 21.8 Å². The lowest BCUT2D eigenvalue weighted by atomic mass is 10.3. The van der Waals surface area contributed by atoms with Crippen LogP contribution in [0.15, 0.2) is 51.9 Å². The van der Waals surface area contributed by atoms with Crippen LogP contribution in [0.25, 0.3) is 0 Å². The number of carbonyl (C=O) groups excluding carboxylic acids is 1. The summed E-state index contributed by atoms with van der Waals surface area (Å²) in [5.41, 5.74) is -0.0269. The van der Waals surface area contributed by atoms with E-state index in [-0.39, 0.29) is 18.1 Å². The van der Waals surface area contributed by atoms with Gasteiger partial charge in [-0.1, -0.05) is 0 Å². The molecule has 0 saturated heterocycles. The van der Waals surface area contributed by atoms with E-state index < -0.39 is 0 Å². The minimum absolute atomic E-state index is 0.0269. The maximum absolute atomic E-state index is 11.8. The minimum atomic E-state index is -0.168. The Hall–Kier alpha value is -2.28. The van der Waals surface area contributed by atoms with Gasteiger partial charge in [-0.2, -0.15) is 0 Å². The van der Waals surface area contributed by atoms with Crippen LogP contribution in [-0.4, -0.2) is 30.2 Å². The lowest BCUT2D eigenvalue weighted by Gasteiger charge is -2.09. The fourth-order valence-electron chi connectivity index (χ4n) is 2.31. The van der Waals surface area contributed by atoms with Crippen LogP contribution in [-0.2, 0) is 11.3 Å². The first kappa shape index (κ1) is 20.0. The van der Waals surface area contributed by atoms with Gasteiger partial charge in [0.2, 0.25) is 0 Å². The summed E-state index contributed by atoms with van der Waals surface area (Å²) in [5.74, 6) is 1.23. The third-order valence-electron chi connectivity index (χ3n) is 3.60. The zero-order chi connectivity index (χ0) is 18.8. The summed E-state index contributed by atoms with van der Waals surface area (Å²) in [6, 6.07) is 10.4. The van der Waals surface area contributed by atoms with Crippen LogP contribution >= 0.6 is 15.9 Å². The largest absolute Gasteiger partial charge is 0.494 e. The van der Waals surface area contributed by atoms with Gasteiger partial charge in [-0.25, -0.2) is 0 Å². The van der Waals surface area contributed by atoms with Crippen LogP contribution in [0.2, 0.25) is 0 Å². The number of aryl methyl sites for hydroxylation is 1. The molecule has 7 heteroatoms. The van der Waals surface area contributed by atoms with E-state index in [4.69, 9.17) is 9.47 Å². The monoisotopic (exact) mass is 422 g/mol. The zero-order valence-electron chi connectivity index (χ0n) is 14.7. The van der Waals surface area contributed by atoms with E-state index in [1.807, 2.05) is 6.92 Å². The van der Waals surface area contributed by atoms with Gasteiger partial charge < -0.3 is 19.4 Å². The molecule has 26 heavy (non-hydrogen) atoms. The van der Waals surface area contributed by atoms with E-state index in [0.29, 0.717) is 25.4 Å². The van der Waals surface area contributed by atoms with Crippen LogP contribution in [0.1, 0.15) is 19.8 Å². The summed E-state index contributed by atoms with van der Waals surface area (Å²) in [5, 5.41) is 2.81. The van der Waals surface area contributed by atoms with Gasteiger partial charge in [0.15, 0.2) is 6.61 Å². The standard InChI is InChI=1S/C19H23BrN2O4/c1-2-25-16-6-8-17(9-7-16)26-14-18(23)21-11-3-4-12-22-13-15(20)5-10-19(22)24/h5-10,13H,2-4,11-12,14H2,1H3,(H,21,23). The van der Waals surface area contributed by atoms with E-state index >= 15 is 0 Å². The first-order valence-corrected chi connectivity index (χ1v) is 9.36. The molecule has 0 spiro atoms. The maximum Gasteiger partial charge on any atom is 0.257 e. The molecule has 1 aromatic carbocycles. The molecule has 0 saturated carbocycles. The third kappa shape index (κ3) is 6.92. The van der Waals surface area contributed by atoms with Gasteiger partial charge in [-0.05, 0) is 66.0 Å². The number of rotatable bonds is 10. The number of hydrogen-bond donors (Lipinski definition) is 1. The summed E-state index contributed by atoms with van der Waals surface area (Å²) in [4.78, 5) is 23.5. The Morgan fingerprint density at radius 1 is 1.08 bits per heavy atom. The minimum Gasteiger partial charge on any atom is -0.494 e. The van der Waals surface area contributed by atoms with Gasteiger partial charge in [-0.15, -0.1) is 0 Å². The molecule has 140 valence electrons. The summed E-state index contributed by atoms with van der Waals surface area (Å²) >= 11 is 3.35. The molecule has 1 N–H and O–H groups in total. The fraction of sp³-hybridized carbons (Fsp3) is 0.368. The summed E-state index contributed by atoms with van der Waals surface area (Å²) < 4.78 is 13.3. The van der Waals surface area contributed by atoms with E-state index in [1.54, 1.807) is 41.1 Å². The Bertz CT molecular complexity index is 759. The van der Waals surface area contributed by atoms with Crippen molar-refractivity contribution < 1.29 is 14.3 Å². The number of ether oxygens (including phenoxy) is 2. The maximum atomic E-state index is 11.8. The van der Waals surface area contributed by atoms with E-state index in [0.717, 1.165) is 23.1 Å². The van der Waals surface area contributed by atoms with Crippen molar-refractivity contribution in [3.8, 4) is 11.5 Å². The fourth-order valence-corrected chi connectivity index (χ4v) is 2.69. The Morgan fingerprint density at radius 2 is 1.77 bits per heavy atom. The third-order valence-corrected chi connectivity index (χ3v) is 4.07. The van der Waals surface area contributed by atoms with Gasteiger partial charge in [0.25, 0.3) is 11.5 Å². The number of carbonyl (C=O) groups is 1. The number of nitrogens with zero attached hydrogens (tertiary/aromatic N) is 1. The van der Waals surface area contributed by atoms with Crippen molar-refractivity contribution in [2.45, 2.75) is 26.3 Å². The molecule has 0 atom stereocenters. The molecule has 0 bridgehead atoms. The average molecular weight is 423 g/mol. The molecule has 1 aromatic heterocycles. The van der Waals surface area contributed by atoms with Gasteiger partial charge in [0, 0.05) is 29.8 Å². The SMILES string of the molecule is CCOc1ccc(OCC(=O)NCCCCn2cc(Br)ccc2=O)cc1. The van der Waals surface area contributed by atoms with Gasteiger partial charge in [-0.3, -0.25) is 9.59 Å². The van der Waals surface area contributed by atoms with Crippen LogP contribution in [0.4, 0.5) is 0 Å². The van der Waals surface area contributed by atoms with Gasteiger partial charge >= 0.3 is 0 Å². The van der Waals surface area contributed by atoms with E-state index in [9.17, 15) is 9.59 Å². The second kappa shape index (κ2) is 10.7. The highest BCUT2D eigenvalue weighted by atomic mass is 79.9. The van der Waals surface area contributed by atoms with Crippen molar-refractivity contribution in [1.82, 2.24) is 9.88 Å². The Morgan fingerprint density at radius 3 is 2.46 bits per heavy atom. The molecule has 2 rings (SSSR count). The number of aromatic nitrogens is 1. The first-order chi connectivity index (χ1) is 12.6. The van der Waals surface area contributed by atoms with Gasteiger partial charge in [0.1, 0.15) is 11.5 Å². The van der Waals surface area contributed by atoms with Crippen LogP contribution in [0.3, 0.4) is 0 Å². The topological polar surface area (TPSA) is 69.6 Å². The van der Waals surface area contributed by atoms with Crippen molar-refractivity contribution in [3.05, 3.63) is 57.4 Å². The highest BCUT2D eigenvalue weighted by Crippen LogP contribution is 2.17. The number of halogens is 1. The molecule has 1 heterocycles. The summed E-state index contributed by atoms with van der Waals surface area (Å²) in [6.45, 7) is 3.68. The molecular weight excluding hydrogens is 400 g/mol. The predicted molar refractivity (Wildman–Crippen MR) is 104 cm³/mol. The molecule has 0 fully saturated rings. The Kier molecular flexibility index (Phi) is 8.21. The second-order valence-corrected chi connectivity index (χ2v) is 6.54. The smallest absolute Gasteiger partial charge is 0.257 e.